The van der Waals surface area contributed by atoms with Crippen molar-refractivity contribution in [1.29, 1.82) is 5.26 Å². The second kappa shape index (κ2) is 6.73. The van der Waals surface area contributed by atoms with Crippen LogP contribution in [0.2, 0.25) is 0 Å². The minimum absolute atomic E-state index is 0.0726. The monoisotopic (exact) mass is 298 g/mol. The zero-order chi connectivity index (χ0) is 15.2. The van der Waals surface area contributed by atoms with Gasteiger partial charge in [-0.15, -0.1) is 11.3 Å². The summed E-state index contributed by atoms with van der Waals surface area (Å²) in [6.07, 6.45) is 1.61. The lowest BCUT2D eigenvalue weighted by Crippen LogP contribution is -2.13. The molecule has 2 aromatic rings. The molecule has 2 rings (SSSR count). The summed E-state index contributed by atoms with van der Waals surface area (Å²) in [6, 6.07) is 10.9. The maximum absolute atomic E-state index is 12.1. The van der Waals surface area contributed by atoms with Gasteiger partial charge in [-0.1, -0.05) is 6.07 Å². The van der Waals surface area contributed by atoms with E-state index >= 15 is 0 Å². The van der Waals surface area contributed by atoms with E-state index in [-0.39, 0.29) is 5.57 Å². The molecule has 0 atom stereocenters. The van der Waals surface area contributed by atoms with Crippen molar-refractivity contribution in [1.82, 2.24) is 0 Å². The molecular weight excluding hydrogens is 284 g/mol. The van der Waals surface area contributed by atoms with E-state index in [1.807, 2.05) is 24.4 Å². The Hall–Kier alpha value is -2.58. The molecule has 0 unspecified atom stereocenters. The standard InChI is InChI=1S/C16H14N2O2S/c1-11-6-7-21-15(11)8-12(10-17)16(19)18-13-4-3-5-14(9-13)20-2/h3-9H,1-2H3,(H,18,19)/b12-8-. The summed E-state index contributed by atoms with van der Waals surface area (Å²) in [5, 5.41) is 13.8. The van der Waals surface area contributed by atoms with Crippen molar-refractivity contribution in [2.75, 3.05) is 12.4 Å². The third kappa shape index (κ3) is 3.71. The molecule has 0 radical (unpaired) electrons. The van der Waals surface area contributed by atoms with E-state index in [9.17, 15) is 4.79 Å². The Labute approximate surface area is 127 Å². The molecule has 1 N–H and O–H groups in total. The van der Waals surface area contributed by atoms with Gasteiger partial charge in [-0.05, 0) is 42.1 Å². The van der Waals surface area contributed by atoms with Crippen LogP contribution in [0.15, 0.2) is 41.3 Å². The average Bonchev–Trinajstić information content (AvgIpc) is 2.90. The first-order valence-corrected chi connectivity index (χ1v) is 7.13. The molecule has 1 aromatic carbocycles. The molecule has 0 aliphatic heterocycles. The lowest BCUT2D eigenvalue weighted by atomic mass is 10.2. The van der Waals surface area contributed by atoms with E-state index in [2.05, 4.69) is 5.32 Å². The van der Waals surface area contributed by atoms with Crippen LogP contribution >= 0.6 is 11.3 Å². The van der Waals surface area contributed by atoms with Gasteiger partial charge in [0, 0.05) is 16.6 Å². The molecule has 21 heavy (non-hydrogen) atoms. The van der Waals surface area contributed by atoms with Crippen LogP contribution in [0, 0.1) is 18.3 Å². The Balaban J connectivity index is 2.20. The van der Waals surface area contributed by atoms with E-state index in [0.717, 1.165) is 10.4 Å². The summed E-state index contributed by atoms with van der Waals surface area (Å²) >= 11 is 1.50. The zero-order valence-electron chi connectivity index (χ0n) is 11.7. The molecule has 4 nitrogen and oxygen atoms in total. The van der Waals surface area contributed by atoms with Gasteiger partial charge in [-0.25, -0.2) is 0 Å². The highest BCUT2D eigenvalue weighted by atomic mass is 32.1. The maximum atomic E-state index is 12.1. The number of hydrogen-bond donors (Lipinski definition) is 1. The van der Waals surface area contributed by atoms with E-state index in [0.29, 0.717) is 11.4 Å². The van der Waals surface area contributed by atoms with Crippen LogP contribution in [-0.4, -0.2) is 13.0 Å². The predicted molar refractivity (Wildman–Crippen MR) is 84.3 cm³/mol. The van der Waals surface area contributed by atoms with E-state index in [1.54, 1.807) is 37.5 Å². The Kier molecular flexibility index (Phi) is 4.75. The second-order valence-electron chi connectivity index (χ2n) is 4.32. The van der Waals surface area contributed by atoms with Gasteiger partial charge in [0.1, 0.15) is 17.4 Å². The van der Waals surface area contributed by atoms with Gasteiger partial charge >= 0.3 is 0 Å². The number of nitrogens with one attached hydrogen (secondary N) is 1. The van der Waals surface area contributed by atoms with Crippen molar-refractivity contribution in [3.63, 3.8) is 0 Å². The van der Waals surface area contributed by atoms with Crippen LogP contribution in [0.25, 0.3) is 6.08 Å². The minimum atomic E-state index is -0.432. The minimum Gasteiger partial charge on any atom is -0.497 e. The smallest absolute Gasteiger partial charge is 0.266 e. The molecule has 1 amide bonds. The quantitative estimate of drug-likeness (QED) is 0.693. The summed E-state index contributed by atoms with van der Waals surface area (Å²) in [6.45, 7) is 1.94. The second-order valence-corrected chi connectivity index (χ2v) is 5.27. The van der Waals surface area contributed by atoms with E-state index in [1.165, 1.54) is 11.3 Å². The number of aryl methyl sites for hydroxylation is 1. The van der Waals surface area contributed by atoms with Crippen molar-refractivity contribution in [3.8, 4) is 11.8 Å². The molecule has 0 aliphatic rings. The fraction of sp³-hybridized carbons (Fsp3) is 0.125. The lowest BCUT2D eigenvalue weighted by Gasteiger charge is -2.06. The van der Waals surface area contributed by atoms with Gasteiger partial charge in [-0.2, -0.15) is 5.26 Å². The van der Waals surface area contributed by atoms with Crippen molar-refractivity contribution in [2.24, 2.45) is 0 Å². The van der Waals surface area contributed by atoms with Gasteiger partial charge < -0.3 is 10.1 Å². The molecule has 0 saturated carbocycles. The molecule has 5 heteroatoms. The molecular formula is C16H14N2O2S. The van der Waals surface area contributed by atoms with Gasteiger partial charge in [-0.3, -0.25) is 4.79 Å². The number of carbonyl (C=O) groups is 1. The number of rotatable bonds is 4. The fourth-order valence-electron chi connectivity index (χ4n) is 1.71. The molecule has 0 fully saturated rings. The van der Waals surface area contributed by atoms with E-state index < -0.39 is 5.91 Å². The SMILES string of the molecule is COc1cccc(NC(=O)/C(C#N)=C\c2sccc2C)c1. The maximum Gasteiger partial charge on any atom is 0.266 e. The van der Waals surface area contributed by atoms with Crippen LogP contribution in [0.3, 0.4) is 0 Å². The fourth-order valence-corrected chi connectivity index (χ4v) is 2.57. The number of methoxy groups -OCH3 is 1. The summed E-state index contributed by atoms with van der Waals surface area (Å²) in [7, 11) is 1.56. The summed E-state index contributed by atoms with van der Waals surface area (Å²) in [4.78, 5) is 13.1. The predicted octanol–water partition coefficient (Wildman–Crippen LogP) is 3.61. The molecule has 1 aromatic heterocycles. The topological polar surface area (TPSA) is 62.1 Å². The van der Waals surface area contributed by atoms with Gasteiger partial charge in [0.05, 0.1) is 7.11 Å². The van der Waals surface area contributed by atoms with Crippen LogP contribution in [0.5, 0.6) is 5.75 Å². The molecule has 0 bridgehead atoms. The van der Waals surface area contributed by atoms with Crippen molar-refractivity contribution < 1.29 is 9.53 Å². The van der Waals surface area contributed by atoms with Gasteiger partial charge in [0.15, 0.2) is 0 Å². The Bertz CT molecular complexity index is 726. The van der Waals surface area contributed by atoms with Crippen LogP contribution < -0.4 is 10.1 Å². The molecule has 106 valence electrons. The number of hydrogen-bond acceptors (Lipinski definition) is 4. The summed E-state index contributed by atoms with van der Waals surface area (Å²) < 4.78 is 5.09. The normalized spacial score (nSPS) is 10.8. The van der Waals surface area contributed by atoms with Gasteiger partial charge in [0.2, 0.25) is 0 Å². The molecule has 0 spiro atoms. The van der Waals surface area contributed by atoms with Crippen LogP contribution in [0.4, 0.5) is 5.69 Å². The first kappa shape index (κ1) is 14.8. The number of amides is 1. The van der Waals surface area contributed by atoms with Crippen LogP contribution in [-0.2, 0) is 4.79 Å². The number of carbonyl (C=O) groups excluding carboxylic acids is 1. The number of thiophene rings is 1. The number of nitriles is 1. The highest BCUT2D eigenvalue weighted by Crippen LogP contribution is 2.21. The molecule has 0 saturated heterocycles. The third-order valence-corrected chi connectivity index (χ3v) is 3.84. The Morgan fingerprint density at radius 3 is 2.86 bits per heavy atom. The average molecular weight is 298 g/mol. The molecule has 0 aliphatic carbocycles. The highest BCUT2D eigenvalue weighted by molar-refractivity contribution is 7.11. The lowest BCUT2D eigenvalue weighted by molar-refractivity contribution is -0.112. The number of benzene rings is 1. The van der Waals surface area contributed by atoms with Crippen molar-refractivity contribution >= 4 is 29.0 Å². The summed E-state index contributed by atoms with van der Waals surface area (Å²) in [5.74, 6) is 0.211. The summed E-state index contributed by atoms with van der Waals surface area (Å²) in [5.41, 5.74) is 1.70. The number of ether oxygens (including phenoxy) is 1. The van der Waals surface area contributed by atoms with Gasteiger partial charge in [0.25, 0.3) is 5.91 Å². The van der Waals surface area contributed by atoms with Crippen molar-refractivity contribution in [3.05, 3.63) is 51.7 Å². The van der Waals surface area contributed by atoms with Crippen molar-refractivity contribution in [2.45, 2.75) is 6.92 Å². The first-order chi connectivity index (χ1) is 10.1. The number of nitrogens with zero attached hydrogens (tertiary/aromatic N) is 1. The molecule has 1 heterocycles. The van der Waals surface area contributed by atoms with Crippen LogP contribution in [0.1, 0.15) is 10.4 Å². The third-order valence-electron chi connectivity index (χ3n) is 2.87. The highest BCUT2D eigenvalue weighted by Gasteiger charge is 2.11. The van der Waals surface area contributed by atoms with E-state index in [4.69, 9.17) is 10.00 Å². The Morgan fingerprint density at radius 2 is 2.24 bits per heavy atom. The Morgan fingerprint density at radius 1 is 1.43 bits per heavy atom. The number of anilines is 1. The zero-order valence-corrected chi connectivity index (χ0v) is 12.5. The first-order valence-electron chi connectivity index (χ1n) is 6.25. The largest absolute Gasteiger partial charge is 0.497 e.